The minimum absolute atomic E-state index is 0.0985. The fourth-order valence-electron chi connectivity index (χ4n) is 2.95. The molecule has 0 radical (unpaired) electrons. The summed E-state index contributed by atoms with van der Waals surface area (Å²) in [4.78, 5) is 39.8. The molecule has 172 valence electrons. The van der Waals surface area contributed by atoms with Crippen LogP contribution in [0.15, 0.2) is 44.7 Å². The highest BCUT2D eigenvalue weighted by Gasteiger charge is 2.22. The van der Waals surface area contributed by atoms with Crippen LogP contribution in [0, 0.1) is 10.1 Å². The molecule has 1 heterocycles. The van der Waals surface area contributed by atoms with E-state index in [1.165, 1.54) is 18.3 Å². The first-order valence-electron chi connectivity index (χ1n) is 9.77. The van der Waals surface area contributed by atoms with Gasteiger partial charge in [-0.15, -0.1) is 0 Å². The molecule has 0 unspecified atom stereocenters. The van der Waals surface area contributed by atoms with Gasteiger partial charge in [-0.3, -0.25) is 14.9 Å². The van der Waals surface area contributed by atoms with Crippen molar-refractivity contribution in [3.05, 3.63) is 71.7 Å². The van der Waals surface area contributed by atoms with Gasteiger partial charge in [0.2, 0.25) is 5.75 Å². The molecule has 0 bridgehead atoms. The van der Waals surface area contributed by atoms with Crippen LogP contribution in [0.1, 0.15) is 25.2 Å². The Morgan fingerprint density at radius 3 is 2.76 bits per heavy atom. The Hall–Kier alpha value is -3.31. The molecule has 33 heavy (non-hydrogen) atoms. The summed E-state index contributed by atoms with van der Waals surface area (Å²) in [5.74, 6) is -0.535. The Bertz CT molecular complexity index is 1320. The second-order valence-electron chi connectivity index (χ2n) is 6.61. The lowest BCUT2D eigenvalue weighted by Crippen LogP contribution is -2.22. The van der Waals surface area contributed by atoms with Gasteiger partial charge in [-0.05, 0) is 31.2 Å². The average Bonchev–Trinajstić information content (AvgIpc) is 2.77. The number of carbonyl (C=O) groups excluding carboxylic acids is 1. The van der Waals surface area contributed by atoms with Crippen LogP contribution >= 0.6 is 27.5 Å². The van der Waals surface area contributed by atoms with Crippen LogP contribution in [-0.2, 0) is 16.0 Å². The highest BCUT2D eigenvalue weighted by Crippen LogP contribution is 2.35. The summed E-state index contributed by atoms with van der Waals surface area (Å²) in [6.07, 6.45) is 1.69. The Balaban J connectivity index is 2.01. The molecule has 3 aromatic rings. The van der Waals surface area contributed by atoms with Crippen molar-refractivity contribution in [3.8, 4) is 5.75 Å². The molecular formula is C21H18BrClN4O6. The number of nitrogens with zero attached hydrogens (tertiary/aromatic N) is 4. The number of aromatic nitrogens is 2. The van der Waals surface area contributed by atoms with Crippen molar-refractivity contribution in [1.82, 2.24) is 9.66 Å². The monoisotopic (exact) mass is 536 g/mol. The van der Waals surface area contributed by atoms with Gasteiger partial charge < -0.3 is 9.47 Å². The topological polar surface area (TPSA) is 126 Å². The minimum Gasteiger partial charge on any atom is -0.474 e. The van der Waals surface area contributed by atoms with Crippen molar-refractivity contribution in [1.29, 1.82) is 0 Å². The van der Waals surface area contributed by atoms with E-state index in [-0.39, 0.29) is 28.5 Å². The predicted octanol–water partition coefficient (Wildman–Crippen LogP) is 4.11. The zero-order valence-electron chi connectivity index (χ0n) is 17.6. The van der Waals surface area contributed by atoms with Gasteiger partial charge >= 0.3 is 11.7 Å². The van der Waals surface area contributed by atoms with Gasteiger partial charge in [0.25, 0.3) is 5.56 Å². The van der Waals surface area contributed by atoms with Gasteiger partial charge in [0, 0.05) is 22.5 Å². The van der Waals surface area contributed by atoms with Crippen LogP contribution < -0.4 is 10.3 Å². The van der Waals surface area contributed by atoms with E-state index in [4.69, 9.17) is 21.1 Å². The van der Waals surface area contributed by atoms with E-state index in [1.807, 2.05) is 6.92 Å². The molecule has 0 N–H and O–H groups in total. The van der Waals surface area contributed by atoms with E-state index in [1.54, 1.807) is 25.1 Å². The SMILES string of the molecule is CCOC(=O)COc1c(Cl)cc(C=Nn2c(CC)nc3ccc(Br)cc3c2=O)cc1[N+](=O)[O-]. The number of hydrogen-bond donors (Lipinski definition) is 0. The summed E-state index contributed by atoms with van der Waals surface area (Å²) in [5, 5.41) is 16.0. The molecule has 0 saturated carbocycles. The predicted molar refractivity (Wildman–Crippen MR) is 126 cm³/mol. The fraction of sp³-hybridized carbons (Fsp3) is 0.238. The number of nitro benzene ring substituents is 1. The Morgan fingerprint density at radius 2 is 2.09 bits per heavy atom. The van der Waals surface area contributed by atoms with Gasteiger partial charge in [-0.1, -0.05) is 34.5 Å². The summed E-state index contributed by atoms with van der Waals surface area (Å²) >= 11 is 9.51. The normalized spacial score (nSPS) is 11.2. The number of ether oxygens (including phenoxy) is 2. The molecule has 2 aromatic carbocycles. The molecule has 12 heteroatoms. The lowest BCUT2D eigenvalue weighted by atomic mass is 10.2. The van der Waals surface area contributed by atoms with Crippen molar-refractivity contribution < 1.29 is 19.2 Å². The standard InChI is InChI=1S/C21H18BrClN4O6/c1-3-18-25-16-6-5-13(22)9-14(16)21(29)26(18)24-10-12-7-15(23)20(17(8-12)27(30)31)33-11-19(28)32-4-2/h5-10H,3-4,11H2,1-2H3. The Kier molecular flexibility index (Phi) is 7.77. The van der Waals surface area contributed by atoms with Gasteiger partial charge in [0.15, 0.2) is 6.61 Å². The lowest BCUT2D eigenvalue weighted by Gasteiger charge is -2.09. The maximum Gasteiger partial charge on any atom is 0.344 e. The van der Waals surface area contributed by atoms with E-state index in [2.05, 4.69) is 26.0 Å². The molecule has 1 aromatic heterocycles. The van der Waals surface area contributed by atoms with Crippen LogP contribution in [-0.4, -0.2) is 40.0 Å². The van der Waals surface area contributed by atoms with Crippen LogP contribution in [0.5, 0.6) is 5.75 Å². The molecule has 10 nitrogen and oxygen atoms in total. The van der Waals surface area contributed by atoms with Gasteiger partial charge in [-0.25, -0.2) is 9.78 Å². The molecule has 0 aliphatic rings. The molecule has 0 aliphatic carbocycles. The van der Waals surface area contributed by atoms with Crippen molar-refractivity contribution >= 4 is 56.3 Å². The minimum atomic E-state index is -0.692. The summed E-state index contributed by atoms with van der Waals surface area (Å²) < 4.78 is 11.8. The first-order chi connectivity index (χ1) is 15.7. The quantitative estimate of drug-likeness (QED) is 0.183. The number of rotatable bonds is 8. The van der Waals surface area contributed by atoms with E-state index in [0.29, 0.717) is 23.1 Å². The van der Waals surface area contributed by atoms with E-state index in [9.17, 15) is 19.7 Å². The maximum atomic E-state index is 13.0. The zero-order valence-corrected chi connectivity index (χ0v) is 19.9. The average molecular weight is 538 g/mol. The molecular weight excluding hydrogens is 520 g/mol. The molecule has 0 saturated heterocycles. The van der Waals surface area contributed by atoms with Crippen molar-refractivity contribution in [2.75, 3.05) is 13.2 Å². The van der Waals surface area contributed by atoms with Crippen molar-refractivity contribution in [2.45, 2.75) is 20.3 Å². The van der Waals surface area contributed by atoms with Crippen molar-refractivity contribution in [2.24, 2.45) is 5.10 Å². The van der Waals surface area contributed by atoms with Crippen molar-refractivity contribution in [3.63, 3.8) is 0 Å². The molecule has 0 fully saturated rings. The highest BCUT2D eigenvalue weighted by molar-refractivity contribution is 9.10. The number of halogens is 2. The smallest absolute Gasteiger partial charge is 0.344 e. The molecule has 0 spiro atoms. The Labute approximate surface area is 201 Å². The third kappa shape index (κ3) is 5.55. The largest absolute Gasteiger partial charge is 0.474 e. The first-order valence-corrected chi connectivity index (χ1v) is 10.9. The van der Waals surface area contributed by atoms with Gasteiger partial charge in [-0.2, -0.15) is 9.78 Å². The number of benzene rings is 2. The van der Waals surface area contributed by atoms with Gasteiger partial charge in [0.05, 0.1) is 33.7 Å². The Morgan fingerprint density at radius 1 is 1.33 bits per heavy atom. The van der Waals surface area contributed by atoms with Crippen LogP contribution in [0.25, 0.3) is 10.9 Å². The van der Waals surface area contributed by atoms with E-state index < -0.39 is 23.2 Å². The molecule has 0 atom stereocenters. The fourth-order valence-corrected chi connectivity index (χ4v) is 3.59. The number of aryl methyl sites for hydroxylation is 1. The highest BCUT2D eigenvalue weighted by atomic mass is 79.9. The number of nitro groups is 1. The second-order valence-corrected chi connectivity index (χ2v) is 7.93. The third-order valence-electron chi connectivity index (χ3n) is 4.40. The number of fused-ring (bicyclic) bond motifs is 1. The summed E-state index contributed by atoms with van der Waals surface area (Å²) in [6.45, 7) is 3.07. The zero-order chi connectivity index (χ0) is 24.1. The molecule has 0 aliphatic heterocycles. The van der Waals surface area contributed by atoms with Crippen LogP contribution in [0.4, 0.5) is 5.69 Å². The summed E-state index contributed by atoms with van der Waals surface area (Å²) in [5.41, 5.74) is -0.0620. The number of hydrogen-bond acceptors (Lipinski definition) is 8. The second kappa shape index (κ2) is 10.5. The van der Waals surface area contributed by atoms with Gasteiger partial charge in [0.1, 0.15) is 5.82 Å². The first kappa shape index (κ1) is 24.3. The maximum absolute atomic E-state index is 13.0. The molecule has 3 rings (SSSR count). The molecule has 0 amide bonds. The summed E-state index contributed by atoms with van der Waals surface area (Å²) in [6, 6.07) is 7.71. The van der Waals surface area contributed by atoms with Crippen LogP contribution in [0.2, 0.25) is 5.02 Å². The summed E-state index contributed by atoms with van der Waals surface area (Å²) in [7, 11) is 0. The van der Waals surface area contributed by atoms with Crippen LogP contribution in [0.3, 0.4) is 0 Å². The van der Waals surface area contributed by atoms with E-state index in [0.717, 1.165) is 9.15 Å². The number of esters is 1. The number of carbonyl (C=O) groups is 1. The van der Waals surface area contributed by atoms with E-state index >= 15 is 0 Å². The lowest BCUT2D eigenvalue weighted by molar-refractivity contribution is -0.385. The third-order valence-corrected chi connectivity index (χ3v) is 5.17.